The second kappa shape index (κ2) is 5.43. The molecule has 0 aromatic heterocycles. The van der Waals surface area contributed by atoms with E-state index in [1.54, 1.807) is 12.1 Å². The third-order valence-corrected chi connectivity index (χ3v) is 3.67. The van der Waals surface area contributed by atoms with E-state index in [2.05, 4.69) is 27.3 Å². The summed E-state index contributed by atoms with van der Waals surface area (Å²) in [5, 5.41) is 12.2. The van der Waals surface area contributed by atoms with E-state index in [1.807, 2.05) is 24.3 Å². The number of hydrogen-bond acceptors (Lipinski definition) is 4. The van der Waals surface area contributed by atoms with Gasteiger partial charge in [0.25, 0.3) is 0 Å². The van der Waals surface area contributed by atoms with Gasteiger partial charge in [-0.25, -0.2) is 0 Å². The van der Waals surface area contributed by atoms with Crippen LogP contribution in [0.5, 0.6) is 11.5 Å². The molecule has 100 valence electrons. The molecule has 0 saturated carbocycles. The minimum Gasteiger partial charge on any atom is -0.454 e. The maximum absolute atomic E-state index is 8.83. The van der Waals surface area contributed by atoms with Gasteiger partial charge in [-0.3, -0.25) is 0 Å². The second-order valence-electron chi connectivity index (χ2n) is 4.35. The highest BCUT2D eigenvalue weighted by Gasteiger charge is 2.13. The lowest BCUT2D eigenvalue weighted by molar-refractivity contribution is 0.174. The number of fused-ring (bicyclic) bond motifs is 1. The maximum atomic E-state index is 8.83. The Kier molecular flexibility index (Phi) is 3.48. The average Bonchev–Trinajstić information content (AvgIpc) is 2.93. The van der Waals surface area contributed by atoms with Crippen molar-refractivity contribution in [1.82, 2.24) is 0 Å². The van der Waals surface area contributed by atoms with E-state index < -0.39 is 0 Å². The molecule has 0 spiro atoms. The summed E-state index contributed by atoms with van der Waals surface area (Å²) in [7, 11) is 0. The zero-order valence-corrected chi connectivity index (χ0v) is 12.1. The molecule has 2 aromatic carbocycles. The molecule has 0 unspecified atom stereocenters. The van der Waals surface area contributed by atoms with Crippen molar-refractivity contribution in [3.8, 4) is 17.6 Å². The van der Waals surface area contributed by atoms with Crippen LogP contribution < -0.4 is 14.8 Å². The van der Waals surface area contributed by atoms with Gasteiger partial charge < -0.3 is 14.8 Å². The van der Waals surface area contributed by atoms with Crippen LogP contribution in [0.15, 0.2) is 40.9 Å². The minimum atomic E-state index is 0.285. The Balaban J connectivity index is 1.72. The van der Waals surface area contributed by atoms with Gasteiger partial charge in [-0.15, -0.1) is 0 Å². The van der Waals surface area contributed by atoms with Crippen molar-refractivity contribution in [2.24, 2.45) is 0 Å². The molecule has 1 aliphatic heterocycles. The third kappa shape index (κ3) is 2.56. The van der Waals surface area contributed by atoms with Crippen molar-refractivity contribution in [1.29, 1.82) is 5.26 Å². The number of rotatable bonds is 3. The Bertz CT molecular complexity index is 695. The number of benzene rings is 2. The summed E-state index contributed by atoms with van der Waals surface area (Å²) in [6.07, 6.45) is 0. The first-order valence-corrected chi connectivity index (χ1v) is 6.87. The molecule has 0 fully saturated rings. The van der Waals surface area contributed by atoms with E-state index in [0.717, 1.165) is 27.2 Å². The fraction of sp³-hybridized carbons (Fsp3) is 0.133. The number of hydrogen-bond donors (Lipinski definition) is 1. The van der Waals surface area contributed by atoms with Gasteiger partial charge in [-0.05, 0) is 51.8 Å². The van der Waals surface area contributed by atoms with Crippen LogP contribution >= 0.6 is 15.9 Å². The first-order chi connectivity index (χ1) is 9.76. The number of ether oxygens (including phenoxy) is 2. The zero-order valence-electron chi connectivity index (χ0n) is 10.5. The summed E-state index contributed by atoms with van der Waals surface area (Å²) in [6.45, 7) is 0.953. The lowest BCUT2D eigenvalue weighted by Crippen LogP contribution is -2.00. The summed E-state index contributed by atoms with van der Waals surface area (Å²) >= 11 is 3.45. The molecule has 1 heterocycles. The summed E-state index contributed by atoms with van der Waals surface area (Å²) in [5.41, 5.74) is 2.68. The van der Waals surface area contributed by atoms with Gasteiger partial charge in [0.05, 0.1) is 11.6 Å². The topological polar surface area (TPSA) is 54.3 Å². The highest BCUT2D eigenvalue weighted by Crippen LogP contribution is 2.33. The van der Waals surface area contributed by atoms with Gasteiger partial charge in [0.1, 0.15) is 0 Å². The predicted octanol–water partition coefficient (Wildman–Crippen LogP) is 3.66. The SMILES string of the molecule is N#Cc1ccc(NCc2ccc3c(c2)OCO3)c(Br)c1. The van der Waals surface area contributed by atoms with Gasteiger partial charge in [0, 0.05) is 16.7 Å². The molecule has 20 heavy (non-hydrogen) atoms. The number of anilines is 1. The van der Waals surface area contributed by atoms with Gasteiger partial charge in [0.15, 0.2) is 11.5 Å². The average molecular weight is 331 g/mol. The quantitative estimate of drug-likeness (QED) is 0.933. The van der Waals surface area contributed by atoms with E-state index in [0.29, 0.717) is 12.1 Å². The maximum Gasteiger partial charge on any atom is 0.231 e. The van der Waals surface area contributed by atoms with Crippen LogP contribution in [0.4, 0.5) is 5.69 Å². The van der Waals surface area contributed by atoms with Gasteiger partial charge in [-0.2, -0.15) is 5.26 Å². The van der Waals surface area contributed by atoms with Crippen LogP contribution in [0.2, 0.25) is 0 Å². The molecule has 0 radical (unpaired) electrons. The molecule has 5 heteroatoms. The minimum absolute atomic E-state index is 0.285. The summed E-state index contributed by atoms with van der Waals surface area (Å²) in [4.78, 5) is 0. The molecule has 0 saturated heterocycles. The van der Waals surface area contributed by atoms with Crippen LogP contribution in [-0.4, -0.2) is 6.79 Å². The van der Waals surface area contributed by atoms with Gasteiger partial charge in [0.2, 0.25) is 6.79 Å². The van der Waals surface area contributed by atoms with Crippen LogP contribution in [0.25, 0.3) is 0 Å². The standard InChI is InChI=1S/C15H11BrN2O2/c16-12-5-10(7-17)1-3-13(12)18-8-11-2-4-14-15(6-11)20-9-19-14/h1-6,18H,8-9H2. The number of nitriles is 1. The monoisotopic (exact) mass is 330 g/mol. The molecular formula is C15H11BrN2O2. The van der Waals surface area contributed by atoms with Crippen molar-refractivity contribution >= 4 is 21.6 Å². The molecule has 1 aliphatic rings. The molecule has 0 atom stereocenters. The van der Waals surface area contributed by atoms with Crippen LogP contribution in [0.3, 0.4) is 0 Å². The van der Waals surface area contributed by atoms with E-state index in [-0.39, 0.29) is 6.79 Å². The van der Waals surface area contributed by atoms with Gasteiger partial charge >= 0.3 is 0 Å². The predicted molar refractivity (Wildman–Crippen MR) is 78.7 cm³/mol. The highest BCUT2D eigenvalue weighted by molar-refractivity contribution is 9.10. The first-order valence-electron chi connectivity index (χ1n) is 6.08. The second-order valence-corrected chi connectivity index (χ2v) is 5.20. The first kappa shape index (κ1) is 12.8. The van der Waals surface area contributed by atoms with Crippen molar-refractivity contribution < 1.29 is 9.47 Å². The fourth-order valence-corrected chi connectivity index (χ4v) is 2.50. The van der Waals surface area contributed by atoms with Crippen molar-refractivity contribution in [2.75, 3.05) is 12.1 Å². The van der Waals surface area contributed by atoms with E-state index >= 15 is 0 Å². The van der Waals surface area contributed by atoms with Crippen LogP contribution in [0.1, 0.15) is 11.1 Å². The van der Waals surface area contributed by atoms with Crippen LogP contribution in [-0.2, 0) is 6.54 Å². The third-order valence-electron chi connectivity index (χ3n) is 3.02. The highest BCUT2D eigenvalue weighted by atomic mass is 79.9. The Morgan fingerprint density at radius 3 is 2.80 bits per heavy atom. The smallest absolute Gasteiger partial charge is 0.231 e. The lowest BCUT2D eigenvalue weighted by atomic mass is 10.2. The van der Waals surface area contributed by atoms with Crippen LogP contribution in [0, 0.1) is 11.3 Å². The Hall–Kier alpha value is -2.19. The summed E-state index contributed by atoms with van der Waals surface area (Å²) in [5.74, 6) is 1.57. The molecule has 0 amide bonds. The molecule has 4 nitrogen and oxygen atoms in total. The van der Waals surface area contributed by atoms with Crippen molar-refractivity contribution in [3.05, 3.63) is 52.0 Å². The molecule has 1 N–H and O–H groups in total. The fourth-order valence-electron chi connectivity index (χ4n) is 1.98. The molecule has 3 rings (SSSR count). The molecule has 0 aliphatic carbocycles. The lowest BCUT2D eigenvalue weighted by Gasteiger charge is -2.09. The zero-order chi connectivity index (χ0) is 13.9. The molecule has 2 aromatic rings. The van der Waals surface area contributed by atoms with E-state index in [9.17, 15) is 0 Å². The number of halogens is 1. The van der Waals surface area contributed by atoms with E-state index in [1.165, 1.54) is 0 Å². The molecule has 0 bridgehead atoms. The molecular weight excluding hydrogens is 320 g/mol. The largest absolute Gasteiger partial charge is 0.454 e. The number of nitrogens with one attached hydrogen (secondary N) is 1. The Labute approximate surface area is 125 Å². The summed E-state index contributed by atoms with van der Waals surface area (Å²) < 4.78 is 11.5. The number of nitrogens with zero attached hydrogens (tertiary/aromatic N) is 1. The van der Waals surface area contributed by atoms with Crippen molar-refractivity contribution in [3.63, 3.8) is 0 Å². The van der Waals surface area contributed by atoms with Crippen molar-refractivity contribution in [2.45, 2.75) is 6.54 Å². The summed E-state index contributed by atoms with van der Waals surface area (Å²) in [6, 6.07) is 13.4. The van der Waals surface area contributed by atoms with Gasteiger partial charge in [-0.1, -0.05) is 6.07 Å². The Morgan fingerprint density at radius 2 is 2.00 bits per heavy atom. The van der Waals surface area contributed by atoms with E-state index in [4.69, 9.17) is 14.7 Å². The normalized spacial score (nSPS) is 12.0. The Morgan fingerprint density at radius 1 is 1.15 bits per heavy atom.